The van der Waals surface area contributed by atoms with Crippen LogP contribution in [0.5, 0.6) is 0 Å². The molecular formula is C18H18N2O2. The van der Waals surface area contributed by atoms with Gasteiger partial charge in [-0.1, -0.05) is 30.3 Å². The standard InChI is InChI=1S/C18H18N2O2/c1-2-22-18(21)13-12-17-19-15-10-6-7-11-16(15)20(17)14-8-4-3-5-9-14/h3-11H,2,12-13H2,1H3. The molecule has 0 fully saturated rings. The summed E-state index contributed by atoms with van der Waals surface area (Å²) in [4.78, 5) is 16.3. The van der Waals surface area contributed by atoms with E-state index in [-0.39, 0.29) is 5.97 Å². The molecule has 0 saturated heterocycles. The predicted octanol–water partition coefficient (Wildman–Crippen LogP) is 3.52. The molecule has 0 bridgehead atoms. The Kier molecular flexibility index (Phi) is 4.19. The minimum absolute atomic E-state index is 0.186. The number of imidazole rings is 1. The molecule has 0 atom stereocenters. The molecule has 2 aromatic carbocycles. The summed E-state index contributed by atoms with van der Waals surface area (Å²) >= 11 is 0. The Morgan fingerprint density at radius 2 is 1.82 bits per heavy atom. The fourth-order valence-corrected chi connectivity index (χ4v) is 2.56. The molecule has 0 radical (unpaired) electrons. The quantitative estimate of drug-likeness (QED) is 0.676. The largest absolute Gasteiger partial charge is 0.466 e. The van der Waals surface area contributed by atoms with Gasteiger partial charge in [-0.2, -0.15) is 0 Å². The maximum absolute atomic E-state index is 11.6. The van der Waals surface area contributed by atoms with Crippen molar-refractivity contribution >= 4 is 17.0 Å². The second-order valence-electron chi connectivity index (χ2n) is 4.99. The molecule has 112 valence electrons. The Hall–Kier alpha value is -2.62. The highest BCUT2D eigenvalue weighted by Crippen LogP contribution is 2.22. The summed E-state index contributed by atoms with van der Waals surface area (Å²) in [6, 6.07) is 18.1. The van der Waals surface area contributed by atoms with E-state index in [4.69, 9.17) is 4.74 Å². The van der Waals surface area contributed by atoms with Crippen LogP contribution in [-0.4, -0.2) is 22.1 Å². The summed E-state index contributed by atoms with van der Waals surface area (Å²) in [5.74, 6) is 0.689. The van der Waals surface area contributed by atoms with Crippen molar-refractivity contribution < 1.29 is 9.53 Å². The minimum atomic E-state index is -0.186. The zero-order valence-corrected chi connectivity index (χ0v) is 12.5. The molecular weight excluding hydrogens is 276 g/mol. The number of fused-ring (bicyclic) bond motifs is 1. The fourth-order valence-electron chi connectivity index (χ4n) is 2.56. The maximum Gasteiger partial charge on any atom is 0.306 e. The van der Waals surface area contributed by atoms with Gasteiger partial charge in [-0.25, -0.2) is 4.98 Å². The highest BCUT2D eigenvalue weighted by atomic mass is 16.5. The lowest BCUT2D eigenvalue weighted by atomic mass is 10.2. The van der Waals surface area contributed by atoms with Gasteiger partial charge in [0.2, 0.25) is 0 Å². The van der Waals surface area contributed by atoms with Gasteiger partial charge in [0, 0.05) is 12.1 Å². The van der Waals surface area contributed by atoms with Crippen molar-refractivity contribution in [3.05, 3.63) is 60.4 Å². The van der Waals surface area contributed by atoms with Crippen LogP contribution >= 0.6 is 0 Å². The molecule has 0 N–H and O–H groups in total. The number of esters is 1. The third kappa shape index (κ3) is 2.86. The second kappa shape index (κ2) is 6.43. The van der Waals surface area contributed by atoms with E-state index in [1.807, 2.05) is 61.5 Å². The van der Waals surface area contributed by atoms with E-state index in [1.54, 1.807) is 0 Å². The van der Waals surface area contributed by atoms with E-state index >= 15 is 0 Å². The smallest absolute Gasteiger partial charge is 0.306 e. The number of rotatable bonds is 5. The summed E-state index contributed by atoms with van der Waals surface area (Å²) in [5.41, 5.74) is 3.04. The van der Waals surface area contributed by atoms with Gasteiger partial charge in [-0.05, 0) is 31.2 Å². The zero-order chi connectivity index (χ0) is 15.4. The molecule has 22 heavy (non-hydrogen) atoms. The van der Waals surface area contributed by atoms with Gasteiger partial charge >= 0.3 is 5.97 Å². The number of aryl methyl sites for hydroxylation is 1. The van der Waals surface area contributed by atoms with E-state index in [1.165, 1.54) is 0 Å². The van der Waals surface area contributed by atoms with Gasteiger partial charge in [-0.3, -0.25) is 9.36 Å². The molecule has 1 aromatic heterocycles. The van der Waals surface area contributed by atoms with Crippen LogP contribution < -0.4 is 0 Å². The Balaban J connectivity index is 2.00. The van der Waals surface area contributed by atoms with Crippen LogP contribution in [0.4, 0.5) is 0 Å². The van der Waals surface area contributed by atoms with Crippen LogP contribution in [0.15, 0.2) is 54.6 Å². The first-order valence-electron chi connectivity index (χ1n) is 7.47. The third-order valence-electron chi connectivity index (χ3n) is 3.50. The zero-order valence-electron chi connectivity index (χ0n) is 12.5. The van der Waals surface area contributed by atoms with Crippen molar-refractivity contribution in [3.8, 4) is 5.69 Å². The van der Waals surface area contributed by atoms with Crippen molar-refractivity contribution in [2.45, 2.75) is 19.8 Å². The molecule has 0 aliphatic carbocycles. The van der Waals surface area contributed by atoms with E-state index in [9.17, 15) is 4.79 Å². The molecule has 4 nitrogen and oxygen atoms in total. The minimum Gasteiger partial charge on any atom is -0.466 e. The monoisotopic (exact) mass is 294 g/mol. The summed E-state index contributed by atoms with van der Waals surface area (Å²) in [7, 11) is 0. The number of ether oxygens (including phenoxy) is 1. The van der Waals surface area contributed by atoms with Crippen molar-refractivity contribution in [3.63, 3.8) is 0 Å². The number of carbonyl (C=O) groups excluding carboxylic acids is 1. The van der Waals surface area contributed by atoms with Gasteiger partial charge in [0.25, 0.3) is 0 Å². The first-order chi connectivity index (χ1) is 10.8. The van der Waals surface area contributed by atoms with Crippen LogP contribution in [0.25, 0.3) is 16.7 Å². The van der Waals surface area contributed by atoms with Crippen LogP contribution in [0, 0.1) is 0 Å². The van der Waals surface area contributed by atoms with Gasteiger partial charge < -0.3 is 4.74 Å². The number of hydrogen-bond donors (Lipinski definition) is 0. The molecule has 0 amide bonds. The number of aromatic nitrogens is 2. The molecule has 3 aromatic rings. The van der Waals surface area contributed by atoms with Crippen molar-refractivity contribution in [2.24, 2.45) is 0 Å². The van der Waals surface area contributed by atoms with E-state index in [2.05, 4.69) is 9.55 Å². The SMILES string of the molecule is CCOC(=O)CCc1nc2ccccc2n1-c1ccccc1. The number of benzene rings is 2. The second-order valence-corrected chi connectivity index (χ2v) is 4.99. The van der Waals surface area contributed by atoms with E-state index in [0.717, 1.165) is 22.5 Å². The van der Waals surface area contributed by atoms with Gasteiger partial charge in [0.15, 0.2) is 0 Å². The van der Waals surface area contributed by atoms with E-state index < -0.39 is 0 Å². The van der Waals surface area contributed by atoms with Crippen LogP contribution in [0.3, 0.4) is 0 Å². The lowest BCUT2D eigenvalue weighted by Gasteiger charge is -2.09. The lowest BCUT2D eigenvalue weighted by molar-refractivity contribution is -0.143. The number of para-hydroxylation sites is 3. The highest BCUT2D eigenvalue weighted by Gasteiger charge is 2.13. The summed E-state index contributed by atoms with van der Waals surface area (Å²) < 4.78 is 7.11. The average Bonchev–Trinajstić information content (AvgIpc) is 2.92. The first kappa shape index (κ1) is 14.3. The molecule has 0 aliphatic heterocycles. The lowest BCUT2D eigenvalue weighted by Crippen LogP contribution is -2.08. The first-order valence-corrected chi connectivity index (χ1v) is 7.47. The topological polar surface area (TPSA) is 44.1 Å². The van der Waals surface area contributed by atoms with E-state index in [0.29, 0.717) is 19.4 Å². The molecule has 0 saturated carbocycles. The van der Waals surface area contributed by atoms with Gasteiger partial charge in [0.05, 0.1) is 24.1 Å². The highest BCUT2D eigenvalue weighted by molar-refractivity contribution is 5.78. The molecule has 0 spiro atoms. The molecule has 0 aliphatic rings. The fraction of sp³-hybridized carbons (Fsp3) is 0.222. The Morgan fingerprint density at radius 3 is 2.59 bits per heavy atom. The van der Waals surface area contributed by atoms with Gasteiger partial charge in [0.1, 0.15) is 5.82 Å². The molecule has 3 rings (SSSR count). The summed E-state index contributed by atoms with van der Waals surface area (Å²) in [5, 5.41) is 0. The molecule has 0 unspecified atom stereocenters. The van der Waals surface area contributed by atoms with Crippen molar-refractivity contribution in [2.75, 3.05) is 6.61 Å². The summed E-state index contributed by atoms with van der Waals surface area (Å²) in [6.07, 6.45) is 0.895. The number of nitrogens with zero attached hydrogens (tertiary/aromatic N) is 2. The average molecular weight is 294 g/mol. The molecule has 4 heteroatoms. The van der Waals surface area contributed by atoms with Crippen LogP contribution in [0.2, 0.25) is 0 Å². The maximum atomic E-state index is 11.6. The summed E-state index contributed by atoms with van der Waals surface area (Å²) in [6.45, 7) is 2.23. The number of hydrogen-bond acceptors (Lipinski definition) is 3. The van der Waals surface area contributed by atoms with Crippen LogP contribution in [0.1, 0.15) is 19.2 Å². The Morgan fingerprint density at radius 1 is 1.09 bits per heavy atom. The van der Waals surface area contributed by atoms with Crippen molar-refractivity contribution in [1.29, 1.82) is 0 Å². The van der Waals surface area contributed by atoms with Gasteiger partial charge in [-0.15, -0.1) is 0 Å². The van der Waals surface area contributed by atoms with Crippen LogP contribution in [-0.2, 0) is 16.0 Å². The Bertz CT molecular complexity index is 778. The molecule has 1 heterocycles. The normalized spacial score (nSPS) is 10.8. The number of carbonyl (C=O) groups is 1. The third-order valence-corrected chi connectivity index (χ3v) is 3.50. The predicted molar refractivity (Wildman–Crippen MR) is 86.0 cm³/mol. The van der Waals surface area contributed by atoms with Crippen molar-refractivity contribution in [1.82, 2.24) is 9.55 Å². The Labute approximate surface area is 129 Å².